The molecule has 0 aliphatic rings. The predicted octanol–water partition coefficient (Wildman–Crippen LogP) is 4.11. The third-order valence-corrected chi connectivity index (χ3v) is 3.00. The molecule has 1 aromatic carbocycles. The van der Waals surface area contributed by atoms with Crippen molar-refractivity contribution >= 4 is 14.5 Å². The van der Waals surface area contributed by atoms with E-state index in [1.165, 1.54) is 12.3 Å². The van der Waals surface area contributed by atoms with Crippen LogP contribution in [-0.2, 0) is 4.43 Å². The van der Waals surface area contributed by atoms with E-state index in [1.807, 2.05) is 19.6 Å². The van der Waals surface area contributed by atoms with Crippen LogP contribution in [0.1, 0.15) is 12.5 Å². The number of hydrogen-bond acceptors (Lipinski definition) is 3. The van der Waals surface area contributed by atoms with Crippen LogP contribution in [-0.4, -0.2) is 21.1 Å². The van der Waals surface area contributed by atoms with Gasteiger partial charge in [-0.25, -0.2) is 13.8 Å². The summed E-state index contributed by atoms with van der Waals surface area (Å²) < 4.78 is 37.8. The van der Waals surface area contributed by atoms with Gasteiger partial charge in [-0.2, -0.15) is 0 Å². The van der Waals surface area contributed by atoms with Crippen molar-refractivity contribution in [3.8, 4) is 5.75 Å². The highest BCUT2D eigenvalue weighted by Gasteiger charge is 2.17. The summed E-state index contributed by atoms with van der Waals surface area (Å²) in [5, 5.41) is 0. The fourth-order valence-corrected chi connectivity index (χ4v) is 2.23. The molecule has 0 bridgehead atoms. The summed E-state index contributed by atoms with van der Waals surface area (Å²) >= 11 is 0. The van der Waals surface area contributed by atoms with Gasteiger partial charge in [0.15, 0.2) is 17.5 Å². The molecule has 1 rings (SSSR count). The molecule has 0 unspecified atom stereocenters. The standard InChI is InChI=1S/C14H19F2NO2Si/c1-6-18-13-8-7-12(15)14(16)11(13)9-17-10(2)19-20(3,4)5/h7-9H,2,6H2,1,3-5H3. The maximum Gasteiger partial charge on any atom is 0.244 e. The van der Waals surface area contributed by atoms with E-state index < -0.39 is 20.0 Å². The van der Waals surface area contributed by atoms with Crippen LogP contribution < -0.4 is 4.74 Å². The Labute approximate surface area is 119 Å². The van der Waals surface area contributed by atoms with Crippen LogP contribution in [0.25, 0.3) is 0 Å². The largest absolute Gasteiger partial charge is 0.532 e. The summed E-state index contributed by atoms with van der Waals surface area (Å²) in [5.41, 5.74) is -0.0489. The molecule has 110 valence electrons. The number of hydrogen-bond donors (Lipinski definition) is 0. The van der Waals surface area contributed by atoms with E-state index in [0.29, 0.717) is 6.61 Å². The van der Waals surface area contributed by atoms with Crippen LogP contribution in [0.15, 0.2) is 29.6 Å². The molecular weight excluding hydrogens is 280 g/mol. The van der Waals surface area contributed by atoms with Crippen molar-refractivity contribution in [2.75, 3.05) is 6.61 Å². The molecule has 1 aromatic rings. The number of benzene rings is 1. The van der Waals surface area contributed by atoms with E-state index >= 15 is 0 Å². The molecule has 20 heavy (non-hydrogen) atoms. The third-order valence-electron chi connectivity index (χ3n) is 2.15. The zero-order valence-electron chi connectivity index (χ0n) is 12.2. The minimum Gasteiger partial charge on any atom is -0.532 e. The summed E-state index contributed by atoms with van der Waals surface area (Å²) in [4.78, 5) is 3.93. The number of aliphatic imine (C=N–C) groups is 1. The summed E-state index contributed by atoms with van der Waals surface area (Å²) in [6.45, 7) is 11.7. The Morgan fingerprint density at radius 1 is 1.35 bits per heavy atom. The van der Waals surface area contributed by atoms with E-state index in [-0.39, 0.29) is 17.2 Å². The van der Waals surface area contributed by atoms with Crippen molar-refractivity contribution in [3.63, 3.8) is 0 Å². The van der Waals surface area contributed by atoms with Gasteiger partial charge < -0.3 is 9.16 Å². The van der Waals surface area contributed by atoms with Gasteiger partial charge in [-0.15, -0.1) is 0 Å². The zero-order chi connectivity index (χ0) is 15.3. The maximum absolute atomic E-state index is 13.8. The Balaban J connectivity index is 3.01. The van der Waals surface area contributed by atoms with Gasteiger partial charge in [0, 0.05) is 6.21 Å². The quantitative estimate of drug-likeness (QED) is 0.450. The van der Waals surface area contributed by atoms with E-state index in [2.05, 4.69) is 11.6 Å². The topological polar surface area (TPSA) is 30.8 Å². The van der Waals surface area contributed by atoms with Crippen molar-refractivity contribution in [1.82, 2.24) is 0 Å². The first-order chi connectivity index (χ1) is 9.24. The van der Waals surface area contributed by atoms with Crippen molar-refractivity contribution in [2.45, 2.75) is 26.6 Å². The lowest BCUT2D eigenvalue weighted by Crippen LogP contribution is -2.24. The Bertz CT molecular complexity index is 525. The zero-order valence-corrected chi connectivity index (χ0v) is 13.2. The van der Waals surface area contributed by atoms with E-state index in [9.17, 15) is 8.78 Å². The maximum atomic E-state index is 13.8. The minimum atomic E-state index is -1.82. The normalized spacial score (nSPS) is 11.7. The third kappa shape index (κ3) is 4.77. The van der Waals surface area contributed by atoms with Gasteiger partial charge in [-0.1, -0.05) is 0 Å². The van der Waals surface area contributed by atoms with Crippen LogP contribution in [0, 0.1) is 11.6 Å². The molecule has 0 N–H and O–H groups in total. The molecule has 0 atom stereocenters. The molecule has 0 saturated heterocycles. The Morgan fingerprint density at radius 3 is 2.55 bits per heavy atom. The Hall–Kier alpha value is -1.69. The number of nitrogens with zero attached hydrogens (tertiary/aromatic N) is 1. The molecule has 0 spiro atoms. The number of rotatable bonds is 6. The molecule has 0 amide bonds. The highest BCUT2D eigenvalue weighted by atomic mass is 28.4. The highest BCUT2D eigenvalue weighted by molar-refractivity contribution is 6.70. The van der Waals surface area contributed by atoms with Gasteiger partial charge in [-0.3, -0.25) is 0 Å². The van der Waals surface area contributed by atoms with Gasteiger partial charge in [0.2, 0.25) is 8.32 Å². The first-order valence-corrected chi connectivity index (χ1v) is 9.68. The smallest absolute Gasteiger partial charge is 0.244 e. The van der Waals surface area contributed by atoms with Gasteiger partial charge in [0.05, 0.1) is 12.2 Å². The first kappa shape index (κ1) is 16.4. The van der Waals surface area contributed by atoms with Gasteiger partial charge in [0.25, 0.3) is 0 Å². The van der Waals surface area contributed by atoms with Crippen LogP contribution >= 0.6 is 0 Å². The van der Waals surface area contributed by atoms with E-state index in [1.54, 1.807) is 6.92 Å². The summed E-state index contributed by atoms with van der Waals surface area (Å²) in [5.74, 6) is -1.54. The van der Waals surface area contributed by atoms with Crippen LogP contribution in [0.4, 0.5) is 8.78 Å². The monoisotopic (exact) mass is 299 g/mol. The molecule has 0 aromatic heterocycles. The van der Waals surface area contributed by atoms with Crippen molar-refractivity contribution < 1.29 is 17.9 Å². The van der Waals surface area contributed by atoms with E-state index in [4.69, 9.17) is 9.16 Å². The molecular formula is C14H19F2NO2Si. The molecule has 0 fully saturated rings. The predicted molar refractivity (Wildman–Crippen MR) is 78.7 cm³/mol. The molecule has 0 heterocycles. The van der Waals surface area contributed by atoms with Gasteiger partial charge in [0.1, 0.15) is 5.75 Å². The second-order valence-electron chi connectivity index (χ2n) is 5.07. The molecule has 3 nitrogen and oxygen atoms in total. The highest BCUT2D eigenvalue weighted by Crippen LogP contribution is 2.22. The number of halogens is 2. The lowest BCUT2D eigenvalue weighted by molar-refractivity contribution is 0.335. The average molecular weight is 299 g/mol. The molecule has 0 aliphatic heterocycles. The molecule has 0 saturated carbocycles. The summed E-state index contributed by atoms with van der Waals surface area (Å²) in [6.07, 6.45) is 1.17. The van der Waals surface area contributed by atoms with Gasteiger partial charge in [-0.05, 0) is 45.3 Å². The number of ether oxygens (including phenoxy) is 1. The lowest BCUT2D eigenvalue weighted by atomic mass is 10.2. The fourth-order valence-electron chi connectivity index (χ4n) is 1.47. The summed E-state index contributed by atoms with van der Waals surface area (Å²) in [7, 11) is -1.82. The average Bonchev–Trinajstić information content (AvgIpc) is 2.31. The molecule has 6 heteroatoms. The summed E-state index contributed by atoms with van der Waals surface area (Å²) in [6, 6.07) is 2.39. The second-order valence-corrected chi connectivity index (χ2v) is 9.50. The fraction of sp³-hybridized carbons (Fsp3) is 0.357. The minimum absolute atomic E-state index is 0.0489. The Morgan fingerprint density at radius 2 is 2.00 bits per heavy atom. The molecule has 0 aliphatic carbocycles. The second kappa shape index (κ2) is 6.65. The van der Waals surface area contributed by atoms with E-state index in [0.717, 1.165) is 6.07 Å². The van der Waals surface area contributed by atoms with Crippen LogP contribution in [0.3, 0.4) is 0 Å². The van der Waals surface area contributed by atoms with Crippen LogP contribution in [0.5, 0.6) is 5.75 Å². The first-order valence-electron chi connectivity index (χ1n) is 6.27. The van der Waals surface area contributed by atoms with Crippen molar-refractivity contribution in [2.24, 2.45) is 4.99 Å². The SMILES string of the molecule is C=C(N=Cc1c(OCC)ccc(F)c1F)O[Si](C)(C)C. The van der Waals surface area contributed by atoms with Crippen molar-refractivity contribution in [1.29, 1.82) is 0 Å². The lowest BCUT2D eigenvalue weighted by Gasteiger charge is -2.18. The van der Waals surface area contributed by atoms with Gasteiger partial charge >= 0.3 is 0 Å². The van der Waals surface area contributed by atoms with Crippen molar-refractivity contribution in [3.05, 3.63) is 41.8 Å². The molecule has 0 radical (unpaired) electrons. The van der Waals surface area contributed by atoms with Crippen LogP contribution in [0.2, 0.25) is 19.6 Å². The Kier molecular flexibility index (Phi) is 5.44.